The lowest BCUT2D eigenvalue weighted by atomic mass is 9.84. The second-order valence-electron chi connectivity index (χ2n) is 8.58. The SMILES string of the molecule is O=C(N[C@H]1CN2CCC1CC2)c1ccc(-n2[nH]c3c(nnc4c(F)cccc43)c2=O)cc1. The molecule has 2 aromatic heterocycles. The van der Waals surface area contributed by atoms with E-state index in [-0.39, 0.29) is 28.5 Å². The largest absolute Gasteiger partial charge is 0.348 e. The number of rotatable bonds is 3. The predicted molar refractivity (Wildman–Crippen MR) is 117 cm³/mol. The highest BCUT2D eigenvalue weighted by Crippen LogP contribution is 2.27. The van der Waals surface area contributed by atoms with Gasteiger partial charge in [0.25, 0.3) is 11.5 Å². The molecule has 2 bridgehead atoms. The molecule has 7 rings (SSSR count). The van der Waals surface area contributed by atoms with Crippen LogP contribution in [0.3, 0.4) is 0 Å². The van der Waals surface area contributed by atoms with E-state index in [0.717, 1.165) is 32.5 Å². The van der Waals surface area contributed by atoms with Gasteiger partial charge in [0.05, 0.1) is 11.2 Å². The van der Waals surface area contributed by atoms with Crippen molar-refractivity contribution in [2.45, 2.75) is 18.9 Å². The fourth-order valence-electron chi connectivity index (χ4n) is 4.95. The third-order valence-electron chi connectivity index (χ3n) is 6.73. The molecule has 2 N–H and O–H groups in total. The smallest absolute Gasteiger partial charge is 0.299 e. The van der Waals surface area contributed by atoms with Crippen molar-refractivity contribution in [2.24, 2.45) is 5.92 Å². The summed E-state index contributed by atoms with van der Waals surface area (Å²) in [6, 6.07) is 11.6. The van der Waals surface area contributed by atoms with E-state index in [0.29, 0.717) is 28.1 Å². The highest BCUT2D eigenvalue weighted by molar-refractivity contribution is 6.01. The summed E-state index contributed by atoms with van der Waals surface area (Å²) in [5.74, 6) is -0.0515. The van der Waals surface area contributed by atoms with Gasteiger partial charge in [-0.1, -0.05) is 12.1 Å². The Hall–Kier alpha value is -3.59. The van der Waals surface area contributed by atoms with Crippen LogP contribution >= 0.6 is 0 Å². The Morgan fingerprint density at radius 1 is 1.06 bits per heavy atom. The van der Waals surface area contributed by atoms with E-state index in [2.05, 4.69) is 25.5 Å². The van der Waals surface area contributed by atoms with E-state index >= 15 is 0 Å². The normalized spacial score (nSPS) is 22.5. The van der Waals surface area contributed by atoms with E-state index in [1.165, 1.54) is 10.7 Å². The van der Waals surface area contributed by atoms with E-state index in [9.17, 15) is 14.0 Å². The highest BCUT2D eigenvalue weighted by Gasteiger charge is 2.34. The molecule has 9 heteroatoms. The highest BCUT2D eigenvalue weighted by atomic mass is 19.1. The monoisotopic (exact) mass is 432 g/mol. The van der Waals surface area contributed by atoms with Gasteiger partial charge in [0.15, 0.2) is 11.3 Å². The van der Waals surface area contributed by atoms with Gasteiger partial charge in [-0.15, -0.1) is 10.2 Å². The molecular formula is C23H21FN6O2. The maximum absolute atomic E-state index is 14.0. The Balaban J connectivity index is 1.30. The van der Waals surface area contributed by atoms with Crippen LogP contribution in [0.15, 0.2) is 47.3 Å². The number of carbonyl (C=O) groups is 1. The molecule has 0 unspecified atom stereocenters. The molecule has 162 valence electrons. The Bertz CT molecular complexity index is 1400. The summed E-state index contributed by atoms with van der Waals surface area (Å²) in [6.45, 7) is 3.16. The minimum Gasteiger partial charge on any atom is -0.348 e. The number of amides is 1. The third-order valence-corrected chi connectivity index (χ3v) is 6.73. The molecule has 0 radical (unpaired) electrons. The van der Waals surface area contributed by atoms with Gasteiger partial charge in [-0.2, -0.15) is 0 Å². The van der Waals surface area contributed by atoms with Crippen molar-refractivity contribution in [1.29, 1.82) is 0 Å². The Morgan fingerprint density at radius 3 is 2.53 bits per heavy atom. The van der Waals surface area contributed by atoms with Crippen molar-refractivity contribution in [3.8, 4) is 5.69 Å². The Kier molecular flexibility index (Phi) is 4.32. The lowest BCUT2D eigenvalue weighted by Crippen LogP contribution is -2.57. The van der Waals surface area contributed by atoms with Gasteiger partial charge in [-0.25, -0.2) is 9.07 Å². The van der Waals surface area contributed by atoms with Gasteiger partial charge >= 0.3 is 0 Å². The summed E-state index contributed by atoms with van der Waals surface area (Å²) in [6.07, 6.45) is 2.27. The van der Waals surface area contributed by atoms with Gasteiger partial charge in [0.1, 0.15) is 5.52 Å². The molecule has 1 amide bonds. The standard InChI is InChI=1S/C23H21FN6O2/c24-17-3-1-2-16-19(17)26-27-21-20(16)28-30(23(21)32)15-6-4-14(5-7-15)22(31)25-18-12-29-10-8-13(18)9-11-29/h1-7,13,18,28H,8-12H2,(H,25,31)/t18-/m0/s1. The average Bonchev–Trinajstić information content (AvgIpc) is 3.17. The van der Waals surface area contributed by atoms with Crippen molar-refractivity contribution in [2.75, 3.05) is 19.6 Å². The van der Waals surface area contributed by atoms with Gasteiger partial charge in [-0.3, -0.25) is 14.7 Å². The van der Waals surface area contributed by atoms with Crippen molar-refractivity contribution in [1.82, 2.24) is 30.2 Å². The maximum Gasteiger partial charge on any atom is 0.299 e. The molecular weight excluding hydrogens is 411 g/mol. The molecule has 0 spiro atoms. The van der Waals surface area contributed by atoms with Gasteiger partial charge in [0.2, 0.25) is 0 Å². The van der Waals surface area contributed by atoms with Crippen LogP contribution in [0.2, 0.25) is 0 Å². The van der Waals surface area contributed by atoms with Crippen LogP contribution in [-0.2, 0) is 0 Å². The molecule has 5 heterocycles. The molecule has 3 saturated heterocycles. The number of H-pyrrole nitrogens is 1. The first kappa shape index (κ1) is 19.1. The summed E-state index contributed by atoms with van der Waals surface area (Å²) in [5.41, 5.74) is 1.37. The predicted octanol–water partition coefficient (Wildman–Crippen LogP) is 2.23. The summed E-state index contributed by atoms with van der Waals surface area (Å²) < 4.78 is 15.4. The van der Waals surface area contributed by atoms with E-state index in [4.69, 9.17) is 0 Å². The van der Waals surface area contributed by atoms with Crippen molar-refractivity contribution < 1.29 is 9.18 Å². The fourth-order valence-corrected chi connectivity index (χ4v) is 4.95. The first-order chi connectivity index (χ1) is 15.6. The zero-order valence-electron chi connectivity index (χ0n) is 17.2. The Labute approximate surface area is 182 Å². The van der Waals surface area contributed by atoms with Gasteiger partial charge in [-0.05, 0) is 62.2 Å². The van der Waals surface area contributed by atoms with E-state index in [1.807, 2.05) is 0 Å². The molecule has 8 nitrogen and oxygen atoms in total. The summed E-state index contributed by atoms with van der Waals surface area (Å²) in [5, 5.41) is 14.5. The number of aromatic amines is 1. The third kappa shape index (κ3) is 3.00. The lowest BCUT2D eigenvalue weighted by Gasteiger charge is -2.44. The quantitative estimate of drug-likeness (QED) is 0.518. The van der Waals surface area contributed by atoms with Crippen LogP contribution in [-0.4, -0.2) is 56.5 Å². The van der Waals surface area contributed by atoms with Gasteiger partial charge < -0.3 is 10.2 Å². The minimum atomic E-state index is -0.496. The number of aromatic nitrogens is 4. The van der Waals surface area contributed by atoms with Crippen LogP contribution in [0, 0.1) is 11.7 Å². The van der Waals surface area contributed by atoms with Crippen LogP contribution in [0.1, 0.15) is 23.2 Å². The topological polar surface area (TPSA) is 95.9 Å². The zero-order valence-corrected chi connectivity index (χ0v) is 17.2. The minimum absolute atomic E-state index is 0.105. The van der Waals surface area contributed by atoms with E-state index in [1.54, 1.807) is 36.4 Å². The number of hydrogen-bond donors (Lipinski definition) is 2. The number of piperidine rings is 3. The van der Waals surface area contributed by atoms with Crippen LogP contribution in [0.4, 0.5) is 4.39 Å². The second kappa shape index (κ2) is 7.23. The number of nitrogens with zero attached hydrogens (tertiary/aromatic N) is 4. The molecule has 1 atom stereocenters. The first-order valence-corrected chi connectivity index (χ1v) is 10.8. The van der Waals surface area contributed by atoms with Crippen molar-refractivity contribution in [3.63, 3.8) is 0 Å². The van der Waals surface area contributed by atoms with Crippen LogP contribution < -0.4 is 10.9 Å². The molecule has 0 saturated carbocycles. The molecule has 0 aliphatic carbocycles. The zero-order chi connectivity index (χ0) is 21.8. The van der Waals surface area contributed by atoms with Crippen molar-refractivity contribution in [3.05, 3.63) is 64.2 Å². The molecule has 3 aliphatic rings. The number of hydrogen-bond acceptors (Lipinski definition) is 5. The average molecular weight is 432 g/mol. The maximum atomic E-state index is 14.0. The number of halogens is 1. The summed E-state index contributed by atoms with van der Waals surface area (Å²) in [4.78, 5) is 28.0. The number of fused-ring (bicyclic) bond motifs is 6. The second-order valence-corrected chi connectivity index (χ2v) is 8.58. The first-order valence-electron chi connectivity index (χ1n) is 10.8. The number of benzene rings is 2. The molecule has 3 aliphatic heterocycles. The van der Waals surface area contributed by atoms with Crippen molar-refractivity contribution >= 4 is 27.8 Å². The lowest BCUT2D eigenvalue weighted by molar-refractivity contribution is 0.0620. The molecule has 4 aromatic rings. The fraction of sp³-hybridized carbons (Fsp3) is 0.304. The molecule has 32 heavy (non-hydrogen) atoms. The molecule has 3 fully saturated rings. The van der Waals surface area contributed by atoms with E-state index < -0.39 is 5.82 Å². The summed E-state index contributed by atoms with van der Waals surface area (Å²) in [7, 11) is 0. The number of nitrogens with one attached hydrogen (secondary N) is 2. The Morgan fingerprint density at radius 2 is 1.81 bits per heavy atom. The van der Waals surface area contributed by atoms with Crippen LogP contribution in [0.25, 0.3) is 27.6 Å². The summed E-state index contributed by atoms with van der Waals surface area (Å²) >= 11 is 0. The number of carbonyl (C=O) groups excluding carboxylic acids is 1. The van der Waals surface area contributed by atoms with Crippen LogP contribution in [0.5, 0.6) is 0 Å². The molecule has 2 aromatic carbocycles. The van der Waals surface area contributed by atoms with Gasteiger partial charge in [0, 0.05) is 23.5 Å².